The third kappa shape index (κ3) is 4.37. The van der Waals surface area contributed by atoms with Crippen molar-refractivity contribution in [3.05, 3.63) is 28.8 Å². The van der Waals surface area contributed by atoms with Gasteiger partial charge in [0.1, 0.15) is 5.75 Å². The van der Waals surface area contributed by atoms with Crippen molar-refractivity contribution in [1.29, 1.82) is 0 Å². The summed E-state index contributed by atoms with van der Waals surface area (Å²) in [6.07, 6.45) is 1.19. The fourth-order valence-corrected chi connectivity index (χ4v) is 2.75. The summed E-state index contributed by atoms with van der Waals surface area (Å²) in [6.45, 7) is 8.90. The predicted molar refractivity (Wildman–Crippen MR) is 84.2 cm³/mol. The topological polar surface area (TPSA) is 38.5 Å². The van der Waals surface area contributed by atoms with Gasteiger partial charge in [0.05, 0.1) is 6.61 Å². The number of likely N-dealkylation sites (tertiary alicyclic amines) is 1. The molecule has 1 atom stereocenters. The van der Waals surface area contributed by atoms with Gasteiger partial charge in [0.2, 0.25) is 0 Å². The first-order valence-corrected chi connectivity index (χ1v) is 7.80. The molecule has 1 aliphatic rings. The van der Waals surface area contributed by atoms with E-state index < -0.39 is 0 Å². The van der Waals surface area contributed by atoms with Gasteiger partial charge in [0.15, 0.2) is 0 Å². The molecule has 3 nitrogen and oxygen atoms in total. The molecule has 1 saturated heterocycles. The Bertz CT molecular complexity index is 436. The molecule has 0 bridgehead atoms. The lowest BCUT2D eigenvalue weighted by Gasteiger charge is -2.19. The molecule has 2 rings (SSSR count). The Labute approximate surface area is 127 Å². The summed E-state index contributed by atoms with van der Waals surface area (Å²) in [7, 11) is 0. The summed E-state index contributed by atoms with van der Waals surface area (Å²) >= 11 is 6.13. The number of nitrogens with two attached hydrogens (primary N) is 1. The Kier molecular flexibility index (Phi) is 5.70. The molecule has 1 aromatic carbocycles. The lowest BCUT2D eigenvalue weighted by molar-refractivity contribution is 0.259. The Hall–Kier alpha value is -0.770. The average molecular weight is 297 g/mol. The molecule has 0 amide bonds. The van der Waals surface area contributed by atoms with Crippen LogP contribution in [0.1, 0.15) is 25.8 Å². The second-order valence-corrected chi connectivity index (χ2v) is 6.52. The van der Waals surface area contributed by atoms with Crippen LogP contribution >= 0.6 is 11.6 Å². The molecule has 2 N–H and O–H groups in total. The van der Waals surface area contributed by atoms with Crippen molar-refractivity contribution in [1.82, 2.24) is 4.90 Å². The minimum atomic E-state index is 0.520. The van der Waals surface area contributed by atoms with Crippen LogP contribution < -0.4 is 10.5 Å². The minimum absolute atomic E-state index is 0.520. The van der Waals surface area contributed by atoms with E-state index in [-0.39, 0.29) is 0 Å². The van der Waals surface area contributed by atoms with Crippen molar-refractivity contribution in [3.8, 4) is 5.75 Å². The van der Waals surface area contributed by atoms with Crippen molar-refractivity contribution < 1.29 is 4.74 Å². The molecule has 0 spiro atoms. The van der Waals surface area contributed by atoms with E-state index >= 15 is 0 Å². The summed E-state index contributed by atoms with van der Waals surface area (Å²) in [5, 5.41) is 0.770. The second kappa shape index (κ2) is 7.30. The molecule has 1 aromatic rings. The van der Waals surface area contributed by atoms with E-state index in [4.69, 9.17) is 22.1 Å². The first kappa shape index (κ1) is 15.6. The molecular formula is C16H25ClN2O. The highest BCUT2D eigenvalue weighted by Gasteiger charge is 2.22. The average Bonchev–Trinajstić information content (AvgIpc) is 2.85. The van der Waals surface area contributed by atoms with Gasteiger partial charge in [-0.3, -0.25) is 4.90 Å². The van der Waals surface area contributed by atoms with E-state index in [1.54, 1.807) is 0 Å². The van der Waals surface area contributed by atoms with Gasteiger partial charge in [-0.05, 0) is 49.5 Å². The molecule has 1 heterocycles. The number of nitrogens with zero attached hydrogens (tertiary/aromatic N) is 1. The number of rotatable bonds is 6. The fourth-order valence-electron chi connectivity index (χ4n) is 2.56. The van der Waals surface area contributed by atoms with Crippen LogP contribution in [0.4, 0.5) is 0 Å². The monoisotopic (exact) mass is 296 g/mol. The molecule has 0 radical (unpaired) electrons. The summed E-state index contributed by atoms with van der Waals surface area (Å²) in [5.41, 5.74) is 6.93. The molecule has 112 valence electrons. The smallest absolute Gasteiger partial charge is 0.123 e. The summed E-state index contributed by atoms with van der Waals surface area (Å²) in [4.78, 5) is 2.44. The Morgan fingerprint density at radius 3 is 2.90 bits per heavy atom. The van der Waals surface area contributed by atoms with Crippen LogP contribution in [0.5, 0.6) is 5.75 Å². The van der Waals surface area contributed by atoms with Gasteiger partial charge in [0.25, 0.3) is 0 Å². The highest BCUT2D eigenvalue weighted by Crippen LogP contribution is 2.27. The van der Waals surface area contributed by atoms with Gasteiger partial charge in [-0.2, -0.15) is 0 Å². The maximum atomic E-state index is 6.13. The van der Waals surface area contributed by atoms with Crippen molar-refractivity contribution in [2.24, 2.45) is 17.6 Å². The fraction of sp³-hybridized carbons (Fsp3) is 0.625. The lowest BCUT2D eigenvalue weighted by atomic mass is 10.1. The molecule has 20 heavy (non-hydrogen) atoms. The van der Waals surface area contributed by atoms with E-state index in [1.807, 2.05) is 18.2 Å². The van der Waals surface area contributed by atoms with Crippen molar-refractivity contribution >= 4 is 11.6 Å². The van der Waals surface area contributed by atoms with Crippen LogP contribution in [0, 0.1) is 11.8 Å². The van der Waals surface area contributed by atoms with Crippen LogP contribution in [0.2, 0.25) is 5.02 Å². The third-order valence-corrected chi connectivity index (χ3v) is 3.93. The molecule has 4 heteroatoms. The molecule has 0 unspecified atom stereocenters. The van der Waals surface area contributed by atoms with Gasteiger partial charge in [0, 0.05) is 23.7 Å². The van der Waals surface area contributed by atoms with Crippen LogP contribution in [-0.2, 0) is 6.54 Å². The Morgan fingerprint density at radius 2 is 2.25 bits per heavy atom. The summed E-state index contributed by atoms with van der Waals surface area (Å²) < 4.78 is 5.91. The number of halogens is 1. The van der Waals surface area contributed by atoms with Crippen molar-refractivity contribution in [3.63, 3.8) is 0 Å². The zero-order valence-electron chi connectivity index (χ0n) is 12.4. The van der Waals surface area contributed by atoms with Crippen LogP contribution in [0.25, 0.3) is 0 Å². The molecule has 0 aliphatic carbocycles. The second-order valence-electron chi connectivity index (χ2n) is 6.08. The maximum absolute atomic E-state index is 6.13. The first-order chi connectivity index (χ1) is 9.58. The van der Waals surface area contributed by atoms with Gasteiger partial charge in [-0.1, -0.05) is 25.4 Å². The number of ether oxygens (including phenoxy) is 1. The molecule has 0 aromatic heterocycles. The normalized spacial score (nSPS) is 19.8. The zero-order chi connectivity index (χ0) is 14.5. The third-order valence-electron chi connectivity index (χ3n) is 3.69. The lowest BCUT2D eigenvalue weighted by Crippen LogP contribution is -2.23. The van der Waals surface area contributed by atoms with E-state index in [0.717, 1.165) is 43.6 Å². The van der Waals surface area contributed by atoms with Gasteiger partial charge < -0.3 is 10.5 Å². The van der Waals surface area contributed by atoms with Crippen molar-refractivity contribution in [2.75, 3.05) is 26.2 Å². The molecule has 1 fully saturated rings. The van der Waals surface area contributed by atoms with E-state index in [9.17, 15) is 0 Å². The molecule has 1 aliphatic heterocycles. The maximum Gasteiger partial charge on any atom is 0.123 e. The SMILES string of the molecule is CC(C)COc1ccc(Cl)cc1CN1CC[C@@H](CN)C1. The zero-order valence-corrected chi connectivity index (χ0v) is 13.2. The van der Waals surface area contributed by atoms with E-state index in [1.165, 1.54) is 12.0 Å². The van der Waals surface area contributed by atoms with E-state index in [2.05, 4.69) is 18.7 Å². The van der Waals surface area contributed by atoms with Crippen LogP contribution in [-0.4, -0.2) is 31.1 Å². The molecular weight excluding hydrogens is 272 g/mol. The summed E-state index contributed by atoms with van der Waals surface area (Å²) in [6, 6.07) is 5.90. The highest BCUT2D eigenvalue weighted by atomic mass is 35.5. The van der Waals surface area contributed by atoms with Gasteiger partial charge in [-0.15, -0.1) is 0 Å². The van der Waals surface area contributed by atoms with Crippen molar-refractivity contribution in [2.45, 2.75) is 26.8 Å². The van der Waals surface area contributed by atoms with Gasteiger partial charge in [-0.25, -0.2) is 0 Å². The minimum Gasteiger partial charge on any atom is -0.493 e. The van der Waals surface area contributed by atoms with Crippen LogP contribution in [0.3, 0.4) is 0 Å². The molecule has 0 saturated carbocycles. The number of benzene rings is 1. The van der Waals surface area contributed by atoms with Crippen LogP contribution in [0.15, 0.2) is 18.2 Å². The quantitative estimate of drug-likeness (QED) is 0.876. The standard InChI is InChI=1S/C16H25ClN2O/c1-12(2)11-20-16-4-3-15(17)7-14(16)10-19-6-5-13(8-18)9-19/h3-4,7,12-13H,5-6,8-11,18H2,1-2H3/t13-/m0/s1. The van der Waals surface area contributed by atoms with E-state index in [0.29, 0.717) is 11.8 Å². The first-order valence-electron chi connectivity index (χ1n) is 7.42. The van der Waals surface area contributed by atoms with Gasteiger partial charge >= 0.3 is 0 Å². The number of hydrogen-bond acceptors (Lipinski definition) is 3. The summed E-state index contributed by atoms with van der Waals surface area (Å²) in [5.74, 6) is 2.11. The Morgan fingerprint density at radius 1 is 1.45 bits per heavy atom. The Balaban J connectivity index is 2.03. The number of hydrogen-bond donors (Lipinski definition) is 1. The largest absolute Gasteiger partial charge is 0.493 e. The highest BCUT2D eigenvalue weighted by molar-refractivity contribution is 6.30. The predicted octanol–water partition coefficient (Wildman–Crippen LogP) is 3.16.